The molecule has 0 aliphatic rings. The molecule has 8 nitrogen and oxygen atoms in total. The highest BCUT2D eigenvalue weighted by atomic mass is 19.1. The number of nitrogens with one attached hydrogen (secondary N) is 1. The number of halogens is 1. The van der Waals surface area contributed by atoms with Gasteiger partial charge in [-0.15, -0.1) is 0 Å². The van der Waals surface area contributed by atoms with Crippen LogP contribution < -0.4 is 10.9 Å². The van der Waals surface area contributed by atoms with Crippen molar-refractivity contribution in [1.29, 1.82) is 0 Å². The predicted octanol–water partition coefficient (Wildman–Crippen LogP) is 1.65. The molecule has 1 amide bonds. The zero-order valence-electron chi connectivity index (χ0n) is 15.6. The van der Waals surface area contributed by atoms with E-state index in [0.29, 0.717) is 36.5 Å². The standard InChI is InChI=1S/C19H22FN5O3/c1-2-28-11-3-9-21-17(26)8-10-24-13-22-18-16(19(24)27)12-23-25(18)15-6-4-14(20)5-7-15/h4-7,12-13H,2-3,8-11H2,1H3,(H,21,26). The first-order chi connectivity index (χ1) is 13.6. The molecule has 0 aliphatic carbocycles. The number of carbonyl (C=O) groups excluding carboxylic acids is 1. The summed E-state index contributed by atoms with van der Waals surface area (Å²) in [6, 6.07) is 5.75. The lowest BCUT2D eigenvalue weighted by atomic mass is 10.3. The molecule has 2 heterocycles. The molecule has 0 spiro atoms. The van der Waals surface area contributed by atoms with Crippen LogP contribution in [0.4, 0.5) is 4.39 Å². The number of fused-ring (bicyclic) bond motifs is 1. The molecule has 3 aromatic rings. The second-order valence-corrected chi connectivity index (χ2v) is 6.16. The van der Waals surface area contributed by atoms with E-state index in [1.807, 2.05) is 6.92 Å². The number of aryl methyl sites for hydroxylation is 1. The number of hydrogen-bond acceptors (Lipinski definition) is 5. The second-order valence-electron chi connectivity index (χ2n) is 6.16. The maximum absolute atomic E-state index is 13.1. The second kappa shape index (κ2) is 9.23. The van der Waals surface area contributed by atoms with Gasteiger partial charge in [-0.05, 0) is 37.6 Å². The minimum atomic E-state index is -0.355. The number of amides is 1. The molecule has 0 saturated heterocycles. The SMILES string of the molecule is CCOCCCNC(=O)CCn1cnc2c(cnn2-c2ccc(F)cc2)c1=O. The van der Waals surface area contributed by atoms with Gasteiger partial charge in [0.05, 0.1) is 18.2 Å². The number of nitrogens with zero attached hydrogens (tertiary/aromatic N) is 4. The van der Waals surface area contributed by atoms with E-state index >= 15 is 0 Å². The molecular weight excluding hydrogens is 365 g/mol. The van der Waals surface area contributed by atoms with Gasteiger partial charge in [0.2, 0.25) is 5.91 Å². The van der Waals surface area contributed by atoms with Crippen molar-refractivity contribution in [2.45, 2.75) is 26.3 Å². The van der Waals surface area contributed by atoms with Crippen molar-refractivity contribution in [2.24, 2.45) is 0 Å². The number of ether oxygens (including phenoxy) is 1. The Morgan fingerprint density at radius 1 is 1.29 bits per heavy atom. The molecule has 0 fully saturated rings. The van der Waals surface area contributed by atoms with Crippen molar-refractivity contribution in [3.8, 4) is 5.69 Å². The fourth-order valence-electron chi connectivity index (χ4n) is 2.74. The summed E-state index contributed by atoms with van der Waals surface area (Å²) < 4.78 is 21.2. The number of aromatic nitrogens is 4. The van der Waals surface area contributed by atoms with E-state index in [1.54, 1.807) is 12.1 Å². The van der Waals surface area contributed by atoms with Crippen LogP contribution in [0.25, 0.3) is 16.7 Å². The summed E-state index contributed by atoms with van der Waals surface area (Å²) in [6.07, 6.45) is 3.75. The lowest BCUT2D eigenvalue weighted by Crippen LogP contribution is -2.28. The summed E-state index contributed by atoms with van der Waals surface area (Å²) in [4.78, 5) is 28.8. The molecule has 2 aromatic heterocycles. The number of hydrogen-bond donors (Lipinski definition) is 1. The summed E-state index contributed by atoms with van der Waals surface area (Å²) in [5.41, 5.74) is 0.711. The highest BCUT2D eigenvalue weighted by Crippen LogP contribution is 2.14. The molecule has 0 unspecified atom stereocenters. The third-order valence-corrected chi connectivity index (χ3v) is 4.20. The Kier molecular flexibility index (Phi) is 6.49. The van der Waals surface area contributed by atoms with Crippen LogP contribution in [0.2, 0.25) is 0 Å². The Hall–Kier alpha value is -3.07. The normalized spacial score (nSPS) is 11.1. The van der Waals surface area contributed by atoms with Crippen LogP contribution in [0.5, 0.6) is 0 Å². The van der Waals surface area contributed by atoms with Crippen molar-refractivity contribution >= 4 is 16.9 Å². The summed E-state index contributed by atoms with van der Waals surface area (Å²) in [5.74, 6) is -0.489. The fraction of sp³-hybridized carbons (Fsp3) is 0.368. The Balaban J connectivity index is 1.66. The van der Waals surface area contributed by atoms with Gasteiger partial charge in [-0.1, -0.05) is 0 Å². The molecule has 0 aliphatic heterocycles. The topological polar surface area (TPSA) is 91.0 Å². The van der Waals surface area contributed by atoms with Gasteiger partial charge < -0.3 is 10.1 Å². The first kappa shape index (κ1) is 19.7. The van der Waals surface area contributed by atoms with E-state index in [2.05, 4.69) is 15.4 Å². The zero-order valence-corrected chi connectivity index (χ0v) is 15.6. The van der Waals surface area contributed by atoms with Gasteiger partial charge in [0.15, 0.2) is 5.65 Å². The molecular formula is C19H22FN5O3. The van der Waals surface area contributed by atoms with Crippen LogP contribution in [0, 0.1) is 5.82 Å². The first-order valence-corrected chi connectivity index (χ1v) is 9.13. The van der Waals surface area contributed by atoms with Gasteiger partial charge in [-0.3, -0.25) is 14.2 Å². The number of benzene rings is 1. The van der Waals surface area contributed by atoms with Gasteiger partial charge in [-0.25, -0.2) is 14.1 Å². The molecule has 3 rings (SSSR count). The molecule has 0 saturated carbocycles. The van der Waals surface area contributed by atoms with Crippen LogP contribution in [0.15, 0.2) is 41.6 Å². The van der Waals surface area contributed by atoms with E-state index in [1.165, 1.54) is 33.9 Å². The van der Waals surface area contributed by atoms with Crippen molar-refractivity contribution < 1.29 is 13.9 Å². The number of carbonyl (C=O) groups is 1. The molecule has 28 heavy (non-hydrogen) atoms. The summed E-state index contributed by atoms with van der Waals surface area (Å²) in [6.45, 7) is 3.94. The molecule has 0 bridgehead atoms. The van der Waals surface area contributed by atoms with Gasteiger partial charge in [0.25, 0.3) is 5.56 Å². The Bertz CT molecular complexity index is 997. The molecule has 9 heteroatoms. The summed E-state index contributed by atoms with van der Waals surface area (Å²) >= 11 is 0. The number of rotatable bonds is 9. The fourth-order valence-corrected chi connectivity index (χ4v) is 2.74. The summed E-state index contributed by atoms with van der Waals surface area (Å²) in [5, 5.41) is 7.32. The van der Waals surface area contributed by atoms with E-state index in [9.17, 15) is 14.0 Å². The Labute approximate surface area is 160 Å². The monoisotopic (exact) mass is 387 g/mol. The lowest BCUT2D eigenvalue weighted by Gasteiger charge is -2.07. The largest absolute Gasteiger partial charge is 0.382 e. The first-order valence-electron chi connectivity index (χ1n) is 9.13. The minimum absolute atomic E-state index is 0.134. The van der Waals surface area contributed by atoms with Crippen LogP contribution in [-0.2, 0) is 16.1 Å². The quantitative estimate of drug-likeness (QED) is 0.564. The lowest BCUT2D eigenvalue weighted by molar-refractivity contribution is -0.121. The highest BCUT2D eigenvalue weighted by Gasteiger charge is 2.12. The predicted molar refractivity (Wildman–Crippen MR) is 102 cm³/mol. The van der Waals surface area contributed by atoms with Crippen LogP contribution >= 0.6 is 0 Å². The molecule has 148 valence electrons. The maximum Gasteiger partial charge on any atom is 0.264 e. The highest BCUT2D eigenvalue weighted by molar-refractivity contribution is 5.76. The van der Waals surface area contributed by atoms with Crippen molar-refractivity contribution in [1.82, 2.24) is 24.6 Å². The summed E-state index contributed by atoms with van der Waals surface area (Å²) in [7, 11) is 0. The van der Waals surface area contributed by atoms with E-state index in [-0.39, 0.29) is 30.2 Å². The molecule has 0 atom stereocenters. The third kappa shape index (κ3) is 4.61. The average Bonchev–Trinajstić information content (AvgIpc) is 3.13. The van der Waals surface area contributed by atoms with E-state index in [0.717, 1.165) is 6.42 Å². The van der Waals surface area contributed by atoms with Gasteiger partial charge in [0.1, 0.15) is 11.2 Å². The van der Waals surface area contributed by atoms with Crippen molar-refractivity contribution in [3.63, 3.8) is 0 Å². The van der Waals surface area contributed by atoms with Crippen molar-refractivity contribution in [3.05, 3.63) is 53.0 Å². The van der Waals surface area contributed by atoms with Crippen LogP contribution in [-0.4, -0.2) is 45.0 Å². The minimum Gasteiger partial charge on any atom is -0.382 e. The molecule has 0 radical (unpaired) electrons. The van der Waals surface area contributed by atoms with Crippen molar-refractivity contribution in [2.75, 3.05) is 19.8 Å². The average molecular weight is 387 g/mol. The molecule has 1 aromatic carbocycles. The molecule has 1 N–H and O–H groups in total. The Morgan fingerprint density at radius 2 is 2.07 bits per heavy atom. The van der Waals surface area contributed by atoms with Gasteiger partial charge in [-0.2, -0.15) is 5.10 Å². The van der Waals surface area contributed by atoms with E-state index in [4.69, 9.17) is 4.74 Å². The van der Waals surface area contributed by atoms with Gasteiger partial charge in [0, 0.05) is 32.7 Å². The zero-order chi connectivity index (χ0) is 19.9. The van der Waals surface area contributed by atoms with E-state index < -0.39 is 0 Å². The maximum atomic E-state index is 13.1. The smallest absolute Gasteiger partial charge is 0.264 e. The van der Waals surface area contributed by atoms with Gasteiger partial charge >= 0.3 is 0 Å². The van der Waals surface area contributed by atoms with Crippen LogP contribution in [0.3, 0.4) is 0 Å². The Morgan fingerprint density at radius 3 is 2.82 bits per heavy atom. The van der Waals surface area contributed by atoms with Crippen LogP contribution in [0.1, 0.15) is 19.8 Å². The third-order valence-electron chi connectivity index (χ3n) is 4.20.